The van der Waals surface area contributed by atoms with Crippen LogP contribution < -0.4 is 21.4 Å². The van der Waals surface area contributed by atoms with Crippen molar-refractivity contribution in [1.29, 1.82) is 0 Å². The second kappa shape index (κ2) is 23.7. The van der Waals surface area contributed by atoms with E-state index in [0.29, 0.717) is 16.9 Å². The number of nitrogens with zero attached hydrogens (tertiary/aromatic N) is 1. The molecule has 45 heavy (non-hydrogen) atoms. The SMILES string of the molecule is Nc1ccccc1.O=C(/C=N/O)Nc1ccccc1.O=C1Nc2ccccc2C1=O.O=S(=O)(O)O.OC(O)C(Cl)(Cl)Cl.ONCl. The Morgan fingerprint density at radius 2 is 1.31 bits per heavy atom. The molecule has 0 unspecified atom stereocenters. The summed E-state index contributed by atoms with van der Waals surface area (Å²) in [6.45, 7) is 0. The van der Waals surface area contributed by atoms with E-state index < -0.39 is 38.1 Å². The zero-order valence-corrected chi connectivity index (χ0v) is 26.2. The predicted octanol–water partition coefficient (Wildman–Crippen LogP) is 3.31. The van der Waals surface area contributed by atoms with Crippen molar-refractivity contribution in [3.8, 4) is 0 Å². The normalized spacial score (nSPS) is 11.2. The number of halogens is 4. The fourth-order valence-corrected chi connectivity index (χ4v) is 2.29. The van der Waals surface area contributed by atoms with Crippen LogP contribution in [0.1, 0.15) is 10.4 Å². The van der Waals surface area contributed by atoms with E-state index in [1.807, 2.05) is 36.4 Å². The number of nitrogens with two attached hydrogens (primary N) is 1. The zero-order chi connectivity index (χ0) is 35.1. The largest absolute Gasteiger partial charge is 0.411 e. The van der Waals surface area contributed by atoms with Crippen molar-refractivity contribution in [2.24, 2.45) is 5.16 Å². The van der Waals surface area contributed by atoms with Crippen molar-refractivity contribution in [3.05, 3.63) is 90.5 Å². The van der Waals surface area contributed by atoms with E-state index in [9.17, 15) is 14.4 Å². The minimum atomic E-state index is -4.67. The van der Waals surface area contributed by atoms with Crippen LogP contribution in [0.4, 0.5) is 17.1 Å². The molecule has 16 nitrogen and oxygen atoms in total. The Morgan fingerprint density at radius 1 is 0.911 bits per heavy atom. The number of alkyl halides is 3. The number of aliphatic hydroxyl groups is 2. The Kier molecular flexibility index (Phi) is 23.0. The van der Waals surface area contributed by atoms with Crippen LogP contribution in [0.25, 0.3) is 0 Å². The lowest BCUT2D eigenvalue weighted by molar-refractivity contribution is -0.112. The number of nitrogen functional groups attached to an aromatic ring is 1. The molecule has 0 bridgehead atoms. The van der Waals surface area contributed by atoms with Crippen LogP contribution in [-0.2, 0) is 20.0 Å². The average Bonchev–Trinajstić information content (AvgIpc) is 3.23. The van der Waals surface area contributed by atoms with Gasteiger partial charge in [-0.25, -0.2) is 0 Å². The number of hydrogen-bond acceptors (Lipinski definition) is 12. The van der Waals surface area contributed by atoms with Crippen LogP contribution in [0, 0.1) is 0 Å². The number of ketones is 1. The molecule has 1 aliphatic heterocycles. The second-order valence-corrected chi connectivity index (χ2v) is 10.7. The molecule has 0 aromatic heterocycles. The van der Waals surface area contributed by atoms with Gasteiger partial charge in [-0.15, -0.1) is 5.00 Å². The molecule has 248 valence electrons. The lowest BCUT2D eigenvalue weighted by Crippen LogP contribution is -2.23. The number of fused-ring (bicyclic) bond motifs is 1. The third kappa shape index (κ3) is 25.4. The summed E-state index contributed by atoms with van der Waals surface area (Å²) in [5, 5.41) is 38.8. The summed E-state index contributed by atoms with van der Waals surface area (Å²) in [5.74, 6) is -1.43. The van der Waals surface area contributed by atoms with E-state index in [1.54, 1.807) is 48.5 Å². The molecule has 0 atom stereocenters. The molecule has 0 aliphatic carbocycles. The molecular formula is C24H27Cl4N5O11S. The Bertz CT molecular complexity index is 1420. The average molecular weight is 735 g/mol. The van der Waals surface area contributed by atoms with Gasteiger partial charge in [-0.3, -0.25) is 23.5 Å². The summed E-state index contributed by atoms with van der Waals surface area (Å²) in [6.07, 6.45) is -1.11. The first-order valence-corrected chi connectivity index (χ1v) is 14.2. The second-order valence-electron chi connectivity index (χ2n) is 7.29. The maximum atomic E-state index is 11.0. The third-order valence-corrected chi connectivity index (χ3v) is 4.52. The predicted molar refractivity (Wildman–Crippen MR) is 169 cm³/mol. The summed E-state index contributed by atoms with van der Waals surface area (Å²) < 4.78 is 29.6. The van der Waals surface area contributed by atoms with Crippen LogP contribution in [0.5, 0.6) is 0 Å². The van der Waals surface area contributed by atoms with Crippen molar-refractivity contribution >= 4 is 97.9 Å². The fourth-order valence-electron chi connectivity index (χ4n) is 2.29. The first-order chi connectivity index (χ1) is 20.9. The van der Waals surface area contributed by atoms with Crippen LogP contribution >= 0.6 is 46.6 Å². The molecule has 1 aliphatic rings. The minimum absolute atomic E-state index is 0.444. The molecule has 21 heteroatoms. The van der Waals surface area contributed by atoms with E-state index in [1.165, 1.54) is 5.00 Å². The van der Waals surface area contributed by atoms with E-state index >= 15 is 0 Å². The molecule has 0 saturated carbocycles. The Morgan fingerprint density at radius 3 is 1.67 bits per heavy atom. The van der Waals surface area contributed by atoms with Crippen molar-refractivity contribution in [2.45, 2.75) is 10.1 Å². The Labute approximate surface area is 276 Å². The van der Waals surface area contributed by atoms with Crippen LogP contribution in [0.2, 0.25) is 0 Å². The van der Waals surface area contributed by atoms with E-state index in [0.717, 1.165) is 11.9 Å². The van der Waals surface area contributed by atoms with E-state index in [-0.39, 0.29) is 0 Å². The van der Waals surface area contributed by atoms with Gasteiger partial charge in [0.1, 0.15) is 6.21 Å². The molecule has 0 radical (unpaired) electrons. The van der Waals surface area contributed by atoms with Gasteiger partial charge in [-0.1, -0.05) is 88.5 Å². The molecule has 0 spiro atoms. The summed E-state index contributed by atoms with van der Waals surface area (Å²) in [7, 11) is -4.67. The van der Waals surface area contributed by atoms with Gasteiger partial charge in [0.2, 0.25) is 3.79 Å². The summed E-state index contributed by atoms with van der Waals surface area (Å²) in [4.78, 5) is 33.8. The number of amides is 2. The zero-order valence-electron chi connectivity index (χ0n) is 22.4. The standard InChI is InChI=1S/C8H8N2O2.C8H5NO2.C6H7N.C2H3Cl3O2.ClH2NO.H2O4S/c11-8(6-9-12)10-7-4-2-1-3-5-7;10-7-5-3-1-2-4-6(5)9-8(7)11;7-6-4-2-1-3-5-6;3-2(4,5)1(6)7;1-2-3;1-5(2,3)4/h1-6,12H,(H,10,11);1-4H,(H,9,10,11);1-5H,7H2;1,6-7H;2-3H;(H2,1,2,3,4)/b9-6+;;;;;. The maximum Gasteiger partial charge on any atom is 0.394 e. The Hall–Kier alpha value is -3.59. The highest BCUT2D eigenvalue weighted by atomic mass is 35.6. The van der Waals surface area contributed by atoms with Crippen LogP contribution in [0.15, 0.2) is 90.1 Å². The number of Topliss-reactive ketones (excluding diaryl/α,β-unsaturated/α-hetero) is 1. The van der Waals surface area contributed by atoms with Gasteiger partial charge in [0.05, 0.1) is 11.3 Å². The first-order valence-electron chi connectivity index (χ1n) is 11.3. The minimum Gasteiger partial charge on any atom is -0.411 e. The quantitative estimate of drug-likeness (QED) is 0.0208. The molecule has 1 heterocycles. The monoisotopic (exact) mass is 733 g/mol. The van der Waals surface area contributed by atoms with Crippen LogP contribution in [0.3, 0.4) is 0 Å². The van der Waals surface area contributed by atoms with Gasteiger partial charge in [0.25, 0.3) is 17.6 Å². The highest BCUT2D eigenvalue weighted by Crippen LogP contribution is 2.28. The topological polar surface area (TPSA) is 281 Å². The number of anilines is 3. The van der Waals surface area contributed by atoms with Crippen molar-refractivity contribution in [1.82, 2.24) is 5.00 Å². The number of aliphatic hydroxyl groups excluding tert-OH is 1. The molecule has 3 aromatic rings. The molecular weight excluding hydrogens is 708 g/mol. The number of oxime groups is 1. The molecule has 0 saturated heterocycles. The summed E-state index contributed by atoms with van der Waals surface area (Å²) in [6, 6.07) is 25.3. The molecule has 4 rings (SSSR count). The smallest absolute Gasteiger partial charge is 0.394 e. The van der Waals surface area contributed by atoms with E-state index in [4.69, 9.17) is 78.7 Å². The summed E-state index contributed by atoms with van der Waals surface area (Å²) in [5.41, 5.74) is 7.93. The lowest BCUT2D eigenvalue weighted by atomic mass is 10.1. The number of nitrogens with one attached hydrogen (secondary N) is 3. The number of rotatable bonds is 2. The highest BCUT2D eigenvalue weighted by molar-refractivity contribution is 7.79. The molecule has 3 aromatic carbocycles. The lowest BCUT2D eigenvalue weighted by Gasteiger charge is -2.10. The number of carbonyl (C=O) groups is 3. The van der Waals surface area contributed by atoms with Gasteiger partial charge in [-0.2, -0.15) is 8.42 Å². The number of carbonyl (C=O) groups excluding carboxylic acids is 3. The number of hydrogen-bond donors (Lipinski definition) is 10. The molecule has 11 N–H and O–H groups in total. The van der Waals surface area contributed by atoms with E-state index in [2.05, 4.69) is 27.6 Å². The third-order valence-electron chi connectivity index (χ3n) is 3.93. The number of benzene rings is 3. The van der Waals surface area contributed by atoms with Gasteiger partial charge in [0, 0.05) is 23.2 Å². The highest BCUT2D eigenvalue weighted by Gasteiger charge is 2.28. The van der Waals surface area contributed by atoms with Gasteiger partial charge < -0.3 is 37.0 Å². The van der Waals surface area contributed by atoms with Crippen LogP contribution in [-0.4, -0.2) is 72.0 Å². The maximum absolute atomic E-state index is 11.0. The molecule has 0 fully saturated rings. The van der Waals surface area contributed by atoms with Crippen molar-refractivity contribution in [3.63, 3.8) is 0 Å². The first kappa shape index (κ1) is 43.5. The summed E-state index contributed by atoms with van der Waals surface area (Å²) >= 11 is 19.0. The molecule has 2 amide bonds. The van der Waals surface area contributed by atoms with Crippen molar-refractivity contribution in [2.75, 3.05) is 16.4 Å². The van der Waals surface area contributed by atoms with Crippen molar-refractivity contribution < 1.29 is 52.5 Å². The van der Waals surface area contributed by atoms with Gasteiger partial charge in [0.15, 0.2) is 6.29 Å². The van der Waals surface area contributed by atoms with Gasteiger partial charge in [-0.05, 0) is 36.4 Å². The van der Waals surface area contributed by atoms with Gasteiger partial charge >= 0.3 is 10.4 Å². The fraction of sp³-hybridized carbons (Fsp3) is 0.0833. The number of para-hydroxylation sites is 3. The Balaban J connectivity index is 0.